The molecule has 0 radical (unpaired) electrons. The van der Waals surface area contributed by atoms with Crippen LogP contribution in [0.15, 0.2) is 34.9 Å². The first-order chi connectivity index (χ1) is 10.1. The zero-order valence-corrected chi connectivity index (χ0v) is 14.4. The predicted molar refractivity (Wildman–Crippen MR) is 91.2 cm³/mol. The van der Waals surface area contributed by atoms with Gasteiger partial charge in [0.2, 0.25) is 0 Å². The Morgan fingerprint density at radius 3 is 2.76 bits per heavy atom. The van der Waals surface area contributed by atoms with Crippen molar-refractivity contribution in [3.63, 3.8) is 0 Å². The number of carbonyl (C=O) groups excluding carboxylic acids is 1. The lowest BCUT2D eigenvalue weighted by molar-refractivity contribution is 0.0955. The molecular weight excluding hydrogens is 350 g/mol. The number of hydrogen-bond donors (Lipinski definition) is 2. The molecule has 1 unspecified atom stereocenters. The predicted octanol–water partition coefficient (Wildman–Crippen LogP) is 3.87. The Morgan fingerprint density at radius 2 is 2.10 bits per heavy atom. The molecule has 1 aromatic carbocycles. The van der Waals surface area contributed by atoms with Crippen molar-refractivity contribution in [2.45, 2.75) is 19.8 Å². The Hall–Kier alpha value is -1.40. The first-order valence-electron chi connectivity index (χ1n) is 6.83. The molecule has 0 bridgehead atoms. The highest BCUT2D eigenvalue weighted by atomic mass is 79.9. The molecule has 2 N–H and O–H groups in total. The molecule has 21 heavy (non-hydrogen) atoms. The van der Waals surface area contributed by atoms with Crippen molar-refractivity contribution in [1.82, 2.24) is 10.3 Å². The number of anilines is 1. The minimum Gasteiger partial charge on any atom is -0.362 e. The number of nitrogens with zero attached hydrogens (tertiary/aromatic N) is 1. The monoisotopic (exact) mass is 367 g/mol. The van der Waals surface area contributed by atoms with Gasteiger partial charge in [-0.2, -0.15) is 0 Å². The summed E-state index contributed by atoms with van der Waals surface area (Å²) in [6.07, 6.45) is 1.61. The van der Waals surface area contributed by atoms with Crippen LogP contribution in [-0.4, -0.2) is 24.0 Å². The van der Waals surface area contributed by atoms with E-state index in [1.165, 1.54) is 16.9 Å². The minimum absolute atomic E-state index is 0.0689. The second-order valence-corrected chi connectivity index (χ2v) is 6.67. The van der Waals surface area contributed by atoms with Gasteiger partial charge in [-0.15, -0.1) is 0 Å². The third kappa shape index (κ3) is 4.54. The fourth-order valence-corrected chi connectivity index (χ4v) is 2.92. The number of carbonyl (C=O) groups is 1. The SMILES string of the molecule is CCNc1ncc(C(=O)NCC(C)c2ccc(Br)cc2)s1. The van der Waals surface area contributed by atoms with Crippen LogP contribution < -0.4 is 10.6 Å². The van der Waals surface area contributed by atoms with E-state index in [1.54, 1.807) is 6.20 Å². The summed E-state index contributed by atoms with van der Waals surface area (Å²) in [5, 5.41) is 6.84. The van der Waals surface area contributed by atoms with Gasteiger partial charge in [0.15, 0.2) is 5.13 Å². The van der Waals surface area contributed by atoms with Gasteiger partial charge in [-0.3, -0.25) is 4.79 Å². The zero-order valence-electron chi connectivity index (χ0n) is 12.0. The molecule has 0 fully saturated rings. The Labute approximate surface area is 137 Å². The van der Waals surface area contributed by atoms with Crippen LogP contribution in [0, 0.1) is 0 Å². The first-order valence-corrected chi connectivity index (χ1v) is 8.44. The van der Waals surface area contributed by atoms with E-state index in [-0.39, 0.29) is 11.8 Å². The number of benzene rings is 1. The summed E-state index contributed by atoms with van der Waals surface area (Å²) < 4.78 is 1.06. The van der Waals surface area contributed by atoms with Crippen molar-refractivity contribution in [1.29, 1.82) is 0 Å². The maximum Gasteiger partial charge on any atom is 0.263 e. The largest absolute Gasteiger partial charge is 0.362 e. The number of amides is 1. The second-order valence-electron chi connectivity index (χ2n) is 4.72. The molecule has 4 nitrogen and oxygen atoms in total. The van der Waals surface area contributed by atoms with E-state index in [4.69, 9.17) is 0 Å². The summed E-state index contributed by atoms with van der Waals surface area (Å²) >= 11 is 4.80. The second kappa shape index (κ2) is 7.56. The fraction of sp³-hybridized carbons (Fsp3) is 0.333. The standard InChI is InChI=1S/C15H18BrN3OS/c1-3-17-15-19-9-13(21-15)14(20)18-8-10(2)11-4-6-12(16)7-5-11/h4-7,9-10H,3,8H2,1-2H3,(H,17,19)(H,18,20). The van der Waals surface area contributed by atoms with Crippen LogP contribution >= 0.6 is 27.3 Å². The molecule has 1 amide bonds. The normalized spacial score (nSPS) is 12.0. The molecular formula is C15H18BrN3OS. The van der Waals surface area contributed by atoms with E-state index in [1.807, 2.05) is 19.1 Å². The van der Waals surface area contributed by atoms with Crippen molar-refractivity contribution in [2.75, 3.05) is 18.4 Å². The molecule has 1 aromatic heterocycles. The third-order valence-corrected chi connectivity index (χ3v) is 4.55. The highest BCUT2D eigenvalue weighted by Crippen LogP contribution is 2.19. The number of hydrogen-bond acceptors (Lipinski definition) is 4. The Bertz CT molecular complexity index is 597. The van der Waals surface area contributed by atoms with Gasteiger partial charge >= 0.3 is 0 Å². The van der Waals surface area contributed by atoms with Gasteiger partial charge in [0.05, 0.1) is 6.20 Å². The first kappa shape index (κ1) is 16.0. The average molecular weight is 368 g/mol. The highest BCUT2D eigenvalue weighted by molar-refractivity contribution is 9.10. The van der Waals surface area contributed by atoms with Gasteiger partial charge in [0, 0.05) is 17.6 Å². The third-order valence-electron chi connectivity index (χ3n) is 3.07. The highest BCUT2D eigenvalue weighted by Gasteiger charge is 2.12. The van der Waals surface area contributed by atoms with Crippen LogP contribution in [0.3, 0.4) is 0 Å². The molecule has 0 spiro atoms. The zero-order chi connectivity index (χ0) is 15.2. The molecule has 1 atom stereocenters. The number of aromatic nitrogens is 1. The molecule has 6 heteroatoms. The summed E-state index contributed by atoms with van der Waals surface area (Å²) in [5.74, 6) is 0.198. The van der Waals surface area contributed by atoms with Crippen LogP contribution in [-0.2, 0) is 0 Å². The fourth-order valence-electron chi connectivity index (χ4n) is 1.85. The van der Waals surface area contributed by atoms with Gasteiger partial charge < -0.3 is 10.6 Å². The van der Waals surface area contributed by atoms with Crippen molar-refractivity contribution >= 4 is 38.3 Å². The van der Waals surface area contributed by atoms with E-state index in [2.05, 4.69) is 50.6 Å². The topological polar surface area (TPSA) is 54.0 Å². The number of thiazole rings is 1. The van der Waals surface area contributed by atoms with E-state index in [0.29, 0.717) is 11.4 Å². The van der Waals surface area contributed by atoms with E-state index < -0.39 is 0 Å². The van der Waals surface area contributed by atoms with E-state index in [0.717, 1.165) is 16.1 Å². The quantitative estimate of drug-likeness (QED) is 0.814. The van der Waals surface area contributed by atoms with Gasteiger partial charge in [0.25, 0.3) is 5.91 Å². The van der Waals surface area contributed by atoms with Gasteiger partial charge in [-0.05, 0) is 30.5 Å². The molecule has 2 aromatic rings. The molecule has 0 aliphatic rings. The Kier molecular flexibility index (Phi) is 5.76. The average Bonchev–Trinajstić information content (AvgIpc) is 2.94. The summed E-state index contributed by atoms with van der Waals surface area (Å²) in [7, 11) is 0. The number of nitrogens with one attached hydrogen (secondary N) is 2. The van der Waals surface area contributed by atoms with E-state index >= 15 is 0 Å². The minimum atomic E-state index is -0.0689. The van der Waals surface area contributed by atoms with Crippen LogP contribution in [0.25, 0.3) is 0 Å². The maximum atomic E-state index is 12.1. The van der Waals surface area contributed by atoms with Crippen LogP contribution in [0.4, 0.5) is 5.13 Å². The lowest BCUT2D eigenvalue weighted by atomic mass is 10.0. The number of rotatable bonds is 6. The molecule has 0 saturated carbocycles. The van der Waals surface area contributed by atoms with Crippen LogP contribution in [0.1, 0.15) is 35.0 Å². The molecule has 0 saturated heterocycles. The van der Waals surface area contributed by atoms with E-state index in [9.17, 15) is 4.79 Å². The lowest BCUT2D eigenvalue weighted by Crippen LogP contribution is -2.26. The summed E-state index contributed by atoms with van der Waals surface area (Å²) in [4.78, 5) is 16.9. The van der Waals surface area contributed by atoms with Crippen LogP contribution in [0.2, 0.25) is 0 Å². The van der Waals surface area contributed by atoms with Gasteiger partial charge in [-0.1, -0.05) is 46.3 Å². The number of halogens is 1. The molecule has 0 aliphatic carbocycles. The molecule has 1 heterocycles. The van der Waals surface area contributed by atoms with Crippen molar-refractivity contribution in [3.05, 3.63) is 45.4 Å². The van der Waals surface area contributed by atoms with Crippen molar-refractivity contribution < 1.29 is 4.79 Å². The summed E-state index contributed by atoms with van der Waals surface area (Å²) in [5.41, 5.74) is 1.20. The summed E-state index contributed by atoms with van der Waals surface area (Å²) in [6.45, 7) is 5.51. The van der Waals surface area contributed by atoms with Gasteiger partial charge in [0.1, 0.15) is 4.88 Å². The van der Waals surface area contributed by atoms with Crippen LogP contribution in [0.5, 0.6) is 0 Å². The Balaban J connectivity index is 1.89. The molecule has 112 valence electrons. The van der Waals surface area contributed by atoms with Gasteiger partial charge in [-0.25, -0.2) is 4.98 Å². The van der Waals surface area contributed by atoms with Crippen molar-refractivity contribution in [2.24, 2.45) is 0 Å². The van der Waals surface area contributed by atoms with Crippen molar-refractivity contribution in [3.8, 4) is 0 Å². The molecule has 0 aliphatic heterocycles. The Morgan fingerprint density at radius 1 is 1.38 bits per heavy atom. The summed E-state index contributed by atoms with van der Waals surface area (Å²) in [6, 6.07) is 8.16. The molecule has 2 rings (SSSR count). The lowest BCUT2D eigenvalue weighted by Gasteiger charge is -2.12. The smallest absolute Gasteiger partial charge is 0.263 e. The maximum absolute atomic E-state index is 12.1.